The fraction of sp³-hybridized carbons (Fsp3) is 0.267. The molecule has 0 saturated carbocycles. The number of methoxy groups -OCH3 is 2. The van der Waals surface area contributed by atoms with Gasteiger partial charge in [0, 0.05) is 27.3 Å². The molecule has 0 aliphatic heterocycles. The minimum atomic E-state index is -0.687. The molecule has 6 heteroatoms. The lowest BCUT2D eigenvalue weighted by atomic mass is 10.0. The van der Waals surface area contributed by atoms with E-state index in [0.717, 1.165) is 20.2 Å². The zero-order chi connectivity index (χ0) is 15.4. The highest BCUT2D eigenvalue weighted by atomic mass is 79.9. The van der Waals surface area contributed by atoms with E-state index in [-0.39, 0.29) is 0 Å². The molecule has 2 rings (SSSR count). The summed E-state index contributed by atoms with van der Waals surface area (Å²) in [6.07, 6.45) is 1.44. The second kappa shape index (κ2) is 7.24. The van der Waals surface area contributed by atoms with Crippen LogP contribution in [0.2, 0.25) is 0 Å². The molecule has 0 saturated heterocycles. The molecule has 1 heterocycles. The van der Waals surface area contributed by atoms with Gasteiger partial charge in [0.25, 0.3) is 0 Å². The predicted molar refractivity (Wildman–Crippen MR) is 87.8 cm³/mol. The van der Waals surface area contributed by atoms with Crippen LogP contribution in [0.5, 0.6) is 11.5 Å². The molecule has 0 bridgehead atoms. The Morgan fingerprint density at radius 3 is 2.38 bits per heavy atom. The van der Waals surface area contributed by atoms with Crippen molar-refractivity contribution in [1.29, 1.82) is 0 Å². The van der Waals surface area contributed by atoms with Crippen LogP contribution in [0.1, 0.15) is 17.4 Å². The quantitative estimate of drug-likeness (QED) is 0.802. The van der Waals surface area contributed by atoms with Crippen LogP contribution in [0, 0.1) is 0 Å². The number of aliphatic hydroxyl groups is 1. The highest BCUT2D eigenvalue weighted by molar-refractivity contribution is 9.10. The largest absolute Gasteiger partial charge is 0.493 e. The highest BCUT2D eigenvalue weighted by Gasteiger charge is 2.17. The third-order valence-electron chi connectivity index (χ3n) is 3.05. The molecule has 0 aliphatic rings. The monoisotopic (exact) mass is 415 g/mol. The molecule has 4 nitrogen and oxygen atoms in total. The Hall–Kier alpha value is -1.11. The molecule has 1 atom stereocenters. The number of benzene rings is 1. The Kier molecular flexibility index (Phi) is 5.61. The first kappa shape index (κ1) is 16.3. The Morgan fingerprint density at radius 2 is 1.81 bits per heavy atom. The maximum atomic E-state index is 10.4. The van der Waals surface area contributed by atoms with Gasteiger partial charge in [-0.15, -0.1) is 0 Å². The van der Waals surface area contributed by atoms with Crippen molar-refractivity contribution in [2.75, 3.05) is 14.2 Å². The van der Waals surface area contributed by atoms with Gasteiger partial charge in [-0.05, 0) is 45.8 Å². The predicted octanol–water partition coefficient (Wildman–Crippen LogP) is 3.90. The van der Waals surface area contributed by atoms with Crippen LogP contribution in [0.4, 0.5) is 0 Å². The number of hydrogen-bond acceptors (Lipinski definition) is 4. The third kappa shape index (κ3) is 3.96. The number of nitrogens with zero attached hydrogens (tertiary/aromatic N) is 1. The average molecular weight is 417 g/mol. The summed E-state index contributed by atoms with van der Waals surface area (Å²) in [7, 11) is 3.14. The minimum Gasteiger partial charge on any atom is -0.493 e. The van der Waals surface area contributed by atoms with Crippen molar-refractivity contribution in [3.8, 4) is 11.5 Å². The normalized spacial score (nSPS) is 12.0. The maximum absolute atomic E-state index is 10.4. The summed E-state index contributed by atoms with van der Waals surface area (Å²) in [6.45, 7) is 0. The van der Waals surface area contributed by atoms with E-state index < -0.39 is 6.10 Å². The molecule has 0 spiro atoms. The van der Waals surface area contributed by atoms with Crippen LogP contribution in [-0.4, -0.2) is 24.3 Å². The van der Waals surface area contributed by atoms with Gasteiger partial charge in [0.1, 0.15) is 0 Å². The van der Waals surface area contributed by atoms with Crippen molar-refractivity contribution in [3.05, 3.63) is 50.7 Å². The summed E-state index contributed by atoms with van der Waals surface area (Å²) in [4.78, 5) is 4.27. The Bertz CT molecular complexity index is 617. The molecule has 1 N–H and O–H groups in total. The highest BCUT2D eigenvalue weighted by Crippen LogP contribution is 2.36. The molecule has 21 heavy (non-hydrogen) atoms. The van der Waals surface area contributed by atoms with E-state index in [1.54, 1.807) is 32.5 Å². The number of halogens is 2. The first-order chi connectivity index (χ1) is 10.0. The van der Waals surface area contributed by atoms with Gasteiger partial charge in [-0.3, -0.25) is 4.98 Å². The molecule has 0 aliphatic carbocycles. The van der Waals surface area contributed by atoms with E-state index in [1.807, 2.05) is 12.1 Å². The Balaban J connectivity index is 2.26. The fourth-order valence-corrected chi connectivity index (χ4v) is 2.78. The lowest BCUT2D eigenvalue weighted by Gasteiger charge is -2.16. The van der Waals surface area contributed by atoms with E-state index in [0.29, 0.717) is 17.9 Å². The standard InChI is InChI=1S/C15H15Br2NO3/c1-20-14-6-11(12(17)7-15(14)21-2)13(19)5-10-4-3-9(16)8-18-10/h3-4,6-8,13,19H,5H2,1-2H3. The lowest BCUT2D eigenvalue weighted by Crippen LogP contribution is -2.05. The summed E-state index contributed by atoms with van der Waals surface area (Å²) in [5, 5.41) is 10.4. The topological polar surface area (TPSA) is 51.6 Å². The van der Waals surface area contributed by atoms with E-state index in [4.69, 9.17) is 9.47 Å². The van der Waals surface area contributed by atoms with Crippen molar-refractivity contribution >= 4 is 31.9 Å². The van der Waals surface area contributed by atoms with E-state index in [2.05, 4.69) is 36.8 Å². The van der Waals surface area contributed by atoms with Gasteiger partial charge in [-0.2, -0.15) is 0 Å². The number of aromatic nitrogens is 1. The molecule has 2 aromatic rings. The summed E-state index contributed by atoms with van der Waals surface area (Å²) in [5.41, 5.74) is 1.55. The van der Waals surface area contributed by atoms with Gasteiger partial charge in [-0.25, -0.2) is 0 Å². The lowest BCUT2D eigenvalue weighted by molar-refractivity contribution is 0.176. The van der Waals surface area contributed by atoms with Crippen LogP contribution in [0.25, 0.3) is 0 Å². The van der Waals surface area contributed by atoms with E-state index >= 15 is 0 Å². The fourth-order valence-electron chi connectivity index (χ4n) is 1.96. The SMILES string of the molecule is COc1cc(Br)c(C(O)Cc2ccc(Br)cn2)cc1OC. The van der Waals surface area contributed by atoms with Crippen molar-refractivity contribution in [3.63, 3.8) is 0 Å². The smallest absolute Gasteiger partial charge is 0.161 e. The van der Waals surface area contributed by atoms with Crippen LogP contribution in [0.15, 0.2) is 39.4 Å². The van der Waals surface area contributed by atoms with Gasteiger partial charge < -0.3 is 14.6 Å². The molecule has 1 aromatic carbocycles. The van der Waals surface area contributed by atoms with Crippen LogP contribution in [0.3, 0.4) is 0 Å². The Labute approximate surface area is 140 Å². The molecule has 1 aromatic heterocycles. The van der Waals surface area contributed by atoms with Gasteiger partial charge in [0.2, 0.25) is 0 Å². The van der Waals surface area contributed by atoms with Crippen molar-refractivity contribution in [2.45, 2.75) is 12.5 Å². The zero-order valence-electron chi connectivity index (χ0n) is 11.6. The van der Waals surface area contributed by atoms with Crippen molar-refractivity contribution < 1.29 is 14.6 Å². The Morgan fingerprint density at radius 1 is 1.14 bits per heavy atom. The number of rotatable bonds is 5. The van der Waals surface area contributed by atoms with Gasteiger partial charge >= 0.3 is 0 Å². The molecule has 1 unspecified atom stereocenters. The molecule has 0 radical (unpaired) electrons. The molecular formula is C15H15Br2NO3. The second-order valence-electron chi connectivity index (χ2n) is 4.42. The van der Waals surface area contributed by atoms with Gasteiger partial charge in [-0.1, -0.05) is 15.9 Å². The summed E-state index contributed by atoms with van der Waals surface area (Å²) < 4.78 is 12.2. The average Bonchev–Trinajstić information content (AvgIpc) is 2.49. The van der Waals surface area contributed by atoms with Crippen LogP contribution in [-0.2, 0) is 6.42 Å². The van der Waals surface area contributed by atoms with Gasteiger partial charge in [0.05, 0.1) is 20.3 Å². The number of hydrogen-bond donors (Lipinski definition) is 1. The van der Waals surface area contributed by atoms with Gasteiger partial charge in [0.15, 0.2) is 11.5 Å². The van der Waals surface area contributed by atoms with E-state index in [1.165, 1.54) is 0 Å². The first-order valence-corrected chi connectivity index (χ1v) is 7.83. The number of aliphatic hydroxyl groups excluding tert-OH is 1. The molecular weight excluding hydrogens is 402 g/mol. The third-order valence-corrected chi connectivity index (χ3v) is 4.21. The zero-order valence-corrected chi connectivity index (χ0v) is 14.8. The van der Waals surface area contributed by atoms with E-state index in [9.17, 15) is 5.11 Å². The maximum Gasteiger partial charge on any atom is 0.161 e. The molecule has 0 fully saturated rings. The molecule has 0 amide bonds. The summed E-state index contributed by atoms with van der Waals surface area (Å²) in [6, 6.07) is 7.33. The van der Waals surface area contributed by atoms with Crippen molar-refractivity contribution in [2.24, 2.45) is 0 Å². The first-order valence-electron chi connectivity index (χ1n) is 6.25. The molecule has 112 valence electrons. The summed E-state index contributed by atoms with van der Waals surface area (Å²) in [5.74, 6) is 1.20. The second-order valence-corrected chi connectivity index (χ2v) is 6.19. The van der Waals surface area contributed by atoms with Crippen LogP contribution < -0.4 is 9.47 Å². The summed E-state index contributed by atoms with van der Waals surface area (Å²) >= 11 is 6.79. The van der Waals surface area contributed by atoms with Crippen LogP contribution >= 0.6 is 31.9 Å². The number of pyridine rings is 1. The number of ether oxygens (including phenoxy) is 2. The van der Waals surface area contributed by atoms with Crippen molar-refractivity contribution in [1.82, 2.24) is 4.98 Å². The minimum absolute atomic E-state index is 0.418.